The Morgan fingerprint density at radius 1 is 0.966 bits per heavy atom. The third-order valence-corrected chi connectivity index (χ3v) is 4.73. The highest BCUT2D eigenvalue weighted by molar-refractivity contribution is 5.84. The number of aromatic nitrogens is 5. The minimum atomic E-state index is -0.265. The van der Waals surface area contributed by atoms with E-state index in [0.29, 0.717) is 29.4 Å². The predicted octanol–water partition coefficient (Wildman–Crippen LogP) is 4.76. The molecule has 4 aromatic rings. The van der Waals surface area contributed by atoms with Gasteiger partial charge in [-0.15, -0.1) is 5.10 Å². The first-order chi connectivity index (χ1) is 13.8. The van der Waals surface area contributed by atoms with E-state index < -0.39 is 0 Å². The molecule has 148 valence electrons. The average Bonchev–Trinajstić information content (AvgIpc) is 3.06. The normalized spacial score (nSPS) is 11.8. The van der Waals surface area contributed by atoms with Gasteiger partial charge in [-0.1, -0.05) is 50.3 Å². The van der Waals surface area contributed by atoms with Gasteiger partial charge < -0.3 is 5.32 Å². The molecule has 0 bridgehead atoms. The van der Waals surface area contributed by atoms with E-state index in [9.17, 15) is 4.39 Å². The van der Waals surface area contributed by atoms with Crippen molar-refractivity contribution >= 4 is 22.7 Å². The molecule has 0 aliphatic heterocycles. The highest BCUT2D eigenvalue weighted by Gasteiger charge is 2.16. The Labute approximate surface area is 168 Å². The lowest BCUT2D eigenvalue weighted by Gasteiger charge is -2.19. The molecule has 1 N–H and O–H groups in total. The molecule has 2 aromatic heterocycles. The van der Waals surface area contributed by atoms with Crippen molar-refractivity contribution in [2.45, 2.75) is 39.7 Å². The van der Waals surface area contributed by atoms with Crippen LogP contribution in [-0.4, -0.2) is 25.0 Å². The number of nitrogens with zero attached hydrogens (tertiary/aromatic N) is 5. The van der Waals surface area contributed by atoms with Gasteiger partial charge in [0.15, 0.2) is 17.0 Å². The van der Waals surface area contributed by atoms with Crippen LogP contribution in [0.15, 0.2) is 48.5 Å². The fourth-order valence-electron chi connectivity index (χ4n) is 3.11. The Balaban J connectivity index is 1.65. The smallest absolute Gasteiger partial charge is 0.184 e. The van der Waals surface area contributed by atoms with Gasteiger partial charge in [0.05, 0.1) is 6.54 Å². The second-order valence-corrected chi connectivity index (χ2v) is 8.12. The second-order valence-electron chi connectivity index (χ2n) is 8.12. The van der Waals surface area contributed by atoms with E-state index in [2.05, 4.69) is 58.5 Å². The van der Waals surface area contributed by atoms with Gasteiger partial charge in [-0.25, -0.2) is 19.0 Å². The molecule has 0 amide bonds. The topological polar surface area (TPSA) is 68.5 Å². The number of benzene rings is 2. The third-order valence-electron chi connectivity index (χ3n) is 4.73. The van der Waals surface area contributed by atoms with E-state index in [4.69, 9.17) is 0 Å². The molecule has 0 radical (unpaired) electrons. The maximum Gasteiger partial charge on any atom is 0.184 e. The Kier molecular flexibility index (Phi) is 4.74. The number of hydrogen-bond acceptors (Lipinski definition) is 5. The van der Waals surface area contributed by atoms with Gasteiger partial charge in [-0.2, -0.15) is 0 Å². The summed E-state index contributed by atoms with van der Waals surface area (Å²) < 4.78 is 14.9. The first kappa shape index (κ1) is 19.0. The van der Waals surface area contributed by atoms with E-state index in [0.717, 1.165) is 11.3 Å². The van der Waals surface area contributed by atoms with Crippen molar-refractivity contribution in [1.82, 2.24) is 25.0 Å². The Morgan fingerprint density at radius 3 is 2.31 bits per heavy atom. The van der Waals surface area contributed by atoms with Gasteiger partial charge in [0.25, 0.3) is 0 Å². The minimum Gasteiger partial charge on any atom is -0.338 e. The molecule has 7 heteroatoms. The predicted molar refractivity (Wildman–Crippen MR) is 112 cm³/mol. The molecule has 0 aliphatic carbocycles. The molecule has 0 fully saturated rings. The zero-order valence-electron chi connectivity index (χ0n) is 16.9. The van der Waals surface area contributed by atoms with Crippen molar-refractivity contribution in [1.29, 1.82) is 0 Å². The monoisotopic (exact) mass is 390 g/mol. The summed E-state index contributed by atoms with van der Waals surface area (Å²) in [5.41, 5.74) is 4.43. The summed E-state index contributed by atoms with van der Waals surface area (Å²) in [5, 5.41) is 11.8. The standard InChI is InChI=1S/C22H23FN6/c1-14-24-20(26-18-11-7-16(8-12-18)22(2,3)4)19-21(25-14)29(28-27-19)13-15-5-9-17(23)10-6-15/h5-12H,13H2,1-4H3,(H,24,25,26). The van der Waals surface area contributed by atoms with Crippen molar-refractivity contribution in [3.05, 3.63) is 71.3 Å². The van der Waals surface area contributed by atoms with Crippen LogP contribution in [0.5, 0.6) is 0 Å². The van der Waals surface area contributed by atoms with Crippen LogP contribution >= 0.6 is 0 Å². The maximum atomic E-state index is 13.2. The molecule has 29 heavy (non-hydrogen) atoms. The molecule has 4 rings (SSSR count). The quantitative estimate of drug-likeness (QED) is 0.544. The fraction of sp³-hybridized carbons (Fsp3) is 0.273. The van der Waals surface area contributed by atoms with Crippen LogP contribution in [0.4, 0.5) is 15.9 Å². The Hall–Kier alpha value is -3.35. The van der Waals surface area contributed by atoms with Crippen LogP contribution < -0.4 is 5.32 Å². The summed E-state index contributed by atoms with van der Waals surface area (Å²) in [5.74, 6) is 0.967. The lowest BCUT2D eigenvalue weighted by Crippen LogP contribution is -2.10. The van der Waals surface area contributed by atoms with E-state index >= 15 is 0 Å². The van der Waals surface area contributed by atoms with Gasteiger partial charge in [-0.3, -0.25) is 0 Å². The summed E-state index contributed by atoms with van der Waals surface area (Å²) in [6.07, 6.45) is 0. The molecular formula is C22H23FN6. The fourth-order valence-corrected chi connectivity index (χ4v) is 3.11. The number of halogens is 1. The van der Waals surface area contributed by atoms with Crippen molar-refractivity contribution in [2.24, 2.45) is 0 Å². The summed E-state index contributed by atoms with van der Waals surface area (Å²) in [7, 11) is 0. The summed E-state index contributed by atoms with van der Waals surface area (Å²) >= 11 is 0. The molecule has 0 aliphatic rings. The van der Waals surface area contributed by atoms with Crippen LogP contribution in [0.1, 0.15) is 37.7 Å². The van der Waals surface area contributed by atoms with Gasteiger partial charge in [0.2, 0.25) is 0 Å². The summed E-state index contributed by atoms with van der Waals surface area (Å²) in [4.78, 5) is 9.02. The molecule has 0 atom stereocenters. The number of anilines is 2. The molecule has 0 spiro atoms. The Morgan fingerprint density at radius 2 is 1.66 bits per heavy atom. The van der Waals surface area contributed by atoms with Crippen molar-refractivity contribution in [3.8, 4) is 0 Å². The number of hydrogen-bond donors (Lipinski definition) is 1. The van der Waals surface area contributed by atoms with Gasteiger partial charge in [-0.05, 0) is 47.7 Å². The number of fused-ring (bicyclic) bond motifs is 1. The van der Waals surface area contributed by atoms with Crippen molar-refractivity contribution < 1.29 is 4.39 Å². The van der Waals surface area contributed by atoms with Gasteiger partial charge >= 0.3 is 0 Å². The third kappa shape index (κ3) is 4.08. The zero-order chi connectivity index (χ0) is 20.6. The van der Waals surface area contributed by atoms with E-state index in [1.54, 1.807) is 16.8 Å². The van der Waals surface area contributed by atoms with E-state index in [-0.39, 0.29) is 11.2 Å². The SMILES string of the molecule is Cc1nc(Nc2ccc(C(C)(C)C)cc2)c2nnn(Cc3ccc(F)cc3)c2n1. The molecule has 2 aromatic carbocycles. The first-order valence-electron chi connectivity index (χ1n) is 9.49. The lowest BCUT2D eigenvalue weighted by molar-refractivity contribution is 0.590. The lowest BCUT2D eigenvalue weighted by atomic mass is 9.87. The maximum absolute atomic E-state index is 13.2. The van der Waals surface area contributed by atoms with Crippen molar-refractivity contribution in [3.63, 3.8) is 0 Å². The van der Waals surface area contributed by atoms with Crippen LogP contribution in [0.25, 0.3) is 11.2 Å². The zero-order valence-corrected chi connectivity index (χ0v) is 16.9. The van der Waals surface area contributed by atoms with Crippen LogP contribution in [0.3, 0.4) is 0 Å². The molecule has 0 saturated carbocycles. The van der Waals surface area contributed by atoms with Gasteiger partial charge in [0, 0.05) is 5.69 Å². The highest BCUT2D eigenvalue weighted by Crippen LogP contribution is 2.26. The average molecular weight is 390 g/mol. The van der Waals surface area contributed by atoms with Gasteiger partial charge in [0.1, 0.15) is 11.6 Å². The number of rotatable bonds is 4. The molecular weight excluding hydrogens is 367 g/mol. The van der Waals surface area contributed by atoms with Crippen molar-refractivity contribution in [2.75, 3.05) is 5.32 Å². The molecule has 2 heterocycles. The highest BCUT2D eigenvalue weighted by atomic mass is 19.1. The molecule has 0 unspecified atom stereocenters. The molecule has 6 nitrogen and oxygen atoms in total. The second kappa shape index (κ2) is 7.24. The van der Waals surface area contributed by atoms with Crippen LogP contribution in [-0.2, 0) is 12.0 Å². The van der Waals surface area contributed by atoms with E-state index in [1.807, 2.05) is 19.1 Å². The Bertz CT molecular complexity index is 1140. The summed E-state index contributed by atoms with van der Waals surface area (Å²) in [6, 6.07) is 14.6. The minimum absolute atomic E-state index is 0.0976. The van der Waals surface area contributed by atoms with E-state index in [1.165, 1.54) is 17.7 Å². The molecule has 0 saturated heterocycles. The summed E-state index contributed by atoms with van der Waals surface area (Å²) in [6.45, 7) is 8.85. The first-order valence-corrected chi connectivity index (χ1v) is 9.49. The van der Waals surface area contributed by atoms with Crippen LogP contribution in [0, 0.1) is 12.7 Å². The number of nitrogens with one attached hydrogen (secondary N) is 1. The van der Waals surface area contributed by atoms with Crippen LogP contribution in [0.2, 0.25) is 0 Å². The number of aryl methyl sites for hydroxylation is 1. The largest absolute Gasteiger partial charge is 0.338 e.